The summed E-state index contributed by atoms with van der Waals surface area (Å²) < 4.78 is 18.2. The molecule has 1 amide bonds. The predicted octanol–water partition coefficient (Wildman–Crippen LogP) is 5.14. The van der Waals surface area contributed by atoms with Crippen LogP contribution in [0.25, 0.3) is 10.9 Å². The number of halogens is 1. The van der Waals surface area contributed by atoms with Crippen molar-refractivity contribution in [2.75, 3.05) is 18.9 Å². The molecule has 4 rings (SSSR count). The Hall–Kier alpha value is -3.38. The zero-order valence-electron chi connectivity index (χ0n) is 17.0. The number of nitrogens with zero attached hydrogens (tertiary/aromatic N) is 1. The molecule has 0 atom stereocenters. The fourth-order valence-electron chi connectivity index (χ4n) is 3.66. The Balaban J connectivity index is 1.49. The molecule has 154 valence electrons. The Labute approximate surface area is 174 Å². The van der Waals surface area contributed by atoms with E-state index < -0.39 is 0 Å². The summed E-state index contributed by atoms with van der Waals surface area (Å²) in [5, 5.41) is 4.00. The number of aromatic amines is 1. The van der Waals surface area contributed by atoms with Crippen molar-refractivity contribution < 1.29 is 13.6 Å². The van der Waals surface area contributed by atoms with Crippen molar-refractivity contribution in [2.24, 2.45) is 0 Å². The second-order valence-corrected chi connectivity index (χ2v) is 7.57. The highest BCUT2D eigenvalue weighted by molar-refractivity contribution is 6.05. The standard InChI is InChI=1S/C24H24FN3O2/c1-16-21(9-11-28(2)14-17-10-12-30-15-17)22-13-20(7-8-23(22)26-16)27-24(29)18-3-5-19(25)6-4-18/h3-8,10,12-13,15,26H,9,11,14H2,1-2H3,(H,27,29). The van der Waals surface area contributed by atoms with Crippen molar-refractivity contribution in [3.05, 3.63) is 89.3 Å². The van der Waals surface area contributed by atoms with Gasteiger partial charge in [0, 0.05) is 46.5 Å². The molecule has 2 N–H and O–H groups in total. The number of hydrogen-bond donors (Lipinski definition) is 2. The van der Waals surface area contributed by atoms with Crippen molar-refractivity contribution in [2.45, 2.75) is 19.9 Å². The molecule has 2 aromatic heterocycles. The van der Waals surface area contributed by atoms with Gasteiger partial charge >= 0.3 is 0 Å². The third-order valence-corrected chi connectivity index (χ3v) is 5.26. The molecular weight excluding hydrogens is 381 g/mol. The van der Waals surface area contributed by atoms with E-state index in [4.69, 9.17) is 4.42 Å². The van der Waals surface area contributed by atoms with Crippen molar-refractivity contribution in [3.8, 4) is 0 Å². The van der Waals surface area contributed by atoms with Gasteiger partial charge in [-0.1, -0.05) is 0 Å². The highest BCUT2D eigenvalue weighted by atomic mass is 19.1. The maximum atomic E-state index is 13.1. The van der Waals surface area contributed by atoms with Gasteiger partial charge in [0.05, 0.1) is 12.5 Å². The Morgan fingerprint density at radius 3 is 2.70 bits per heavy atom. The number of aryl methyl sites for hydroxylation is 1. The minimum Gasteiger partial charge on any atom is -0.472 e. The van der Waals surface area contributed by atoms with Crippen LogP contribution in [0.5, 0.6) is 0 Å². The molecule has 5 nitrogen and oxygen atoms in total. The molecule has 0 bridgehead atoms. The van der Waals surface area contributed by atoms with Crippen LogP contribution < -0.4 is 5.32 Å². The normalized spacial score (nSPS) is 11.3. The Bertz CT molecular complexity index is 1150. The molecule has 0 aliphatic carbocycles. The number of carbonyl (C=O) groups is 1. The van der Waals surface area contributed by atoms with E-state index in [0.717, 1.165) is 41.7 Å². The molecule has 0 radical (unpaired) electrons. The van der Waals surface area contributed by atoms with Crippen molar-refractivity contribution in [3.63, 3.8) is 0 Å². The van der Waals surface area contributed by atoms with Gasteiger partial charge in [-0.2, -0.15) is 0 Å². The second kappa shape index (κ2) is 8.55. The first kappa shape index (κ1) is 19.9. The van der Waals surface area contributed by atoms with Gasteiger partial charge in [-0.25, -0.2) is 4.39 Å². The topological polar surface area (TPSA) is 61.3 Å². The number of amides is 1. The molecule has 0 saturated heterocycles. The van der Waals surface area contributed by atoms with Crippen molar-refractivity contribution >= 4 is 22.5 Å². The van der Waals surface area contributed by atoms with Crippen LogP contribution in [-0.2, 0) is 13.0 Å². The molecule has 6 heteroatoms. The number of H-pyrrole nitrogens is 1. The second-order valence-electron chi connectivity index (χ2n) is 7.57. The minimum absolute atomic E-state index is 0.261. The first-order valence-electron chi connectivity index (χ1n) is 9.87. The van der Waals surface area contributed by atoms with E-state index in [1.54, 1.807) is 12.5 Å². The summed E-state index contributed by atoms with van der Waals surface area (Å²) in [6.45, 7) is 3.80. The third-order valence-electron chi connectivity index (χ3n) is 5.26. The van der Waals surface area contributed by atoms with E-state index in [2.05, 4.69) is 29.2 Å². The average Bonchev–Trinajstić information content (AvgIpc) is 3.33. The SMILES string of the molecule is Cc1[nH]c2ccc(NC(=O)c3ccc(F)cc3)cc2c1CCN(C)Cc1ccoc1. The average molecular weight is 405 g/mol. The molecule has 30 heavy (non-hydrogen) atoms. The number of benzene rings is 2. The lowest BCUT2D eigenvalue weighted by molar-refractivity contribution is 0.102. The van der Waals surface area contributed by atoms with E-state index in [1.165, 1.54) is 29.8 Å². The molecule has 0 aliphatic heterocycles. The lowest BCUT2D eigenvalue weighted by Crippen LogP contribution is -2.20. The summed E-state index contributed by atoms with van der Waals surface area (Å²) in [6.07, 6.45) is 4.34. The lowest BCUT2D eigenvalue weighted by atomic mass is 10.1. The Morgan fingerprint density at radius 2 is 1.97 bits per heavy atom. The number of hydrogen-bond acceptors (Lipinski definition) is 3. The highest BCUT2D eigenvalue weighted by Crippen LogP contribution is 2.26. The molecule has 0 saturated carbocycles. The van der Waals surface area contributed by atoms with Crippen LogP contribution in [0.2, 0.25) is 0 Å². The maximum Gasteiger partial charge on any atom is 0.255 e. The maximum absolute atomic E-state index is 13.1. The van der Waals surface area contributed by atoms with E-state index in [-0.39, 0.29) is 11.7 Å². The number of fused-ring (bicyclic) bond motifs is 1. The Kier molecular flexibility index (Phi) is 5.68. The van der Waals surface area contributed by atoms with Gasteiger partial charge in [-0.3, -0.25) is 4.79 Å². The van der Waals surface area contributed by atoms with Crippen LogP contribution in [0.3, 0.4) is 0 Å². The molecule has 0 unspecified atom stereocenters. The van der Waals surface area contributed by atoms with Crippen LogP contribution in [-0.4, -0.2) is 29.4 Å². The first-order chi connectivity index (χ1) is 14.5. The Morgan fingerprint density at radius 1 is 1.17 bits per heavy atom. The van der Waals surface area contributed by atoms with Gasteiger partial charge in [-0.05, 0) is 74.5 Å². The minimum atomic E-state index is -0.363. The largest absolute Gasteiger partial charge is 0.472 e. The van der Waals surface area contributed by atoms with Crippen LogP contribution in [0, 0.1) is 12.7 Å². The third kappa shape index (κ3) is 4.44. The molecule has 0 fully saturated rings. The summed E-state index contributed by atoms with van der Waals surface area (Å²) >= 11 is 0. The molecule has 4 aromatic rings. The van der Waals surface area contributed by atoms with Crippen LogP contribution in [0.4, 0.5) is 10.1 Å². The summed E-state index contributed by atoms with van der Waals surface area (Å²) in [5.41, 5.74) is 5.69. The van der Waals surface area contributed by atoms with E-state index in [0.29, 0.717) is 11.3 Å². The summed E-state index contributed by atoms with van der Waals surface area (Å²) in [5.74, 6) is -0.624. The van der Waals surface area contributed by atoms with Crippen LogP contribution in [0.1, 0.15) is 27.2 Å². The van der Waals surface area contributed by atoms with Crippen LogP contribution >= 0.6 is 0 Å². The van der Waals surface area contributed by atoms with Gasteiger partial charge in [0.1, 0.15) is 5.82 Å². The van der Waals surface area contributed by atoms with Gasteiger partial charge < -0.3 is 19.6 Å². The smallest absolute Gasteiger partial charge is 0.255 e. The molecule has 0 aliphatic rings. The lowest BCUT2D eigenvalue weighted by Gasteiger charge is -2.15. The molecular formula is C24H24FN3O2. The zero-order chi connectivity index (χ0) is 21.1. The monoisotopic (exact) mass is 405 g/mol. The number of likely N-dealkylation sites (N-methyl/N-ethyl adjacent to an activating group) is 1. The highest BCUT2D eigenvalue weighted by Gasteiger charge is 2.12. The fraction of sp³-hybridized carbons (Fsp3) is 0.208. The van der Waals surface area contributed by atoms with Crippen LogP contribution in [0.15, 0.2) is 65.5 Å². The van der Waals surface area contributed by atoms with E-state index >= 15 is 0 Å². The summed E-state index contributed by atoms with van der Waals surface area (Å²) in [4.78, 5) is 18.1. The number of furan rings is 1. The summed E-state index contributed by atoms with van der Waals surface area (Å²) in [7, 11) is 2.09. The number of carbonyl (C=O) groups excluding carboxylic acids is 1. The van der Waals surface area contributed by atoms with Crippen molar-refractivity contribution in [1.82, 2.24) is 9.88 Å². The molecule has 2 heterocycles. The van der Waals surface area contributed by atoms with E-state index in [1.807, 2.05) is 24.3 Å². The zero-order valence-corrected chi connectivity index (χ0v) is 17.0. The fourth-order valence-corrected chi connectivity index (χ4v) is 3.66. The molecule has 0 spiro atoms. The predicted molar refractivity (Wildman–Crippen MR) is 116 cm³/mol. The van der Waals surface area contributed by atoms with Gasteiger partial charge in [-0.15, -0.1) is 0 Å². The van der Waals surface area contributed by atoms with Gasteiger partial charge in [0.15, 0.2) is 0 Å². The van der Waals surface area contributed by atoms with Gasteiger partial charge in [0.2, 0.25) is 0 Å². The van der Waals surface area contributed by atoms with Gasteiger partial charge in [0.25, 0.3) is 5.91 Å². The summed E-state index contributed by atoms with van der Waals surface area (Å²) in [6, 6.07) is 13.3. The van der Waals surface area contributed by atoms with Crippen molar-refractivity contribution in [1.29, 1.82) is 0 Å². The number of nitrogens with one attached hydrogen (secondary N) is 2. The number of rotatable bonds is 7. The first-order valence-corrected chi connectivity index (χ1v) is 9.87. The quantitative estimate of drug-likeness (QED) is 0.448. The number of aromatic nitrogens is 1. The van der Waals surface area contributed by atoms with E-state index in [9.17, 15) is 9.18 Å². The molecule has 2 aromatic carbocycles. The number of anilines is 1.